The van der Waals surface area contributed by atoms with Crippen molar-refractivity contribution in [3.05, 3.63) is 48.0 Å². The second kappa shape index (κ2) is 8.27. The smallest absolute Gasteiger partial charge is 0.254 e. The van der Waals surface area contributed by atoms with Crippen LogP contribution >= 0.6 is 0 Å². The van der Waals surface area contributed by atoms with Crippen molar-refractivity contribution < 1.29 is 14.7 Å². The Hall–Kier alpha value is -2.40. The van der Waals surface area contributed by atoms with Crippen LogP contribution < -0.4 is 0 Å². The lowest BCUT2D eigenvalue weighted by atomic mass is 9.84. The van der Waals surface area contributed by atoms with E-state index in [1.54, 1.807) is 0 Å². The van der Waals surface area contributed by atoms with Gasteiger partial charge < -0.3 is 14.9 Å². The van der Waals surface area contributed by atoms with Gasteiger partial charge in [-0.05, 0) is 60.4 Å². The number of likely N-dealkylation sites (tertiary alicyclic amines) is 2. The predicted molar refractivity (Wildman–Crippen MR) is 121 cm³/mol. The summed E-state index contributed by atoms with van der Waals surface area (Å²) in [7, 11) is 0. The van der Waals surface area contributed by atoms with E-state index < -0.39 is 0 Å². The molecular formula is C26H32N2O3. The van der Waals surface area contributed by atoms with Crippen LogP contribution in [0.25, 0.3) is 10.8 Å². The summed E-state index contributed by atoms with van der Waals surface area (Å²) in [6.45, 7) is 3.15. The second-order valence-corrected chi connectivity index (χ2v) is 9.76. The van der Waals surface area contributed by atoms with Crippen LogP contribution in [0.5, 0.6) is 0 Å². The first-order chi connectivity index (χ1) is 15.0. The zero-order chi connectivity index (χ0) is 21.5. The Bertz CT molecular complexity index is 990. The van der Waals surface area contributed by atoms with Gasteiger partial charge in [0, 0.05) is 24.7 Å². The number of carbonyl (C=O) groups excluding carboxylic acids is 2. The SMILES string of the molecule is CC1CN(C(=O)[C@@H]2C[C@@H]3CCCC[C@@H]3N2C(=O)c2ccc3ccccc3c2)CCC1O. The van der Waals surface area contributed by atoms with Crippen LogP contribution in [0, 0.1) is 11.8 Å². The Balaban J connectivity index is 1.45. The van der Waals surface area contributed by atoms with E-state index in [0.29, 0.717) is 31.0 Å². The van der Waals surface area contributed by atoms with E-state index in [1.165, 1.54) is 6.42 Å². The maximum absolute atomic E-state index is 13.8. The van der Waals surface area contributed by atoms with E-state index in [-0.39, 0.29) is 35.9 Å². The molecule has 2 amide bonds. The summed E-state index contributed by atoms with van der Waals surface area (Å²) in [4.78, 5) is 31.2. The molecular weight excluding hydrogens is 388 g/mol. The summed E-state index contributed by atoms with van der Waals surface area (Å²) in [5.74, 6) is 0.553. The molecule has 1 aliphatic carbocycles. The summed E-state index contributed by atoms with van der Waals surface area (Å²) in [6, 6.07) is 13.7. The molecule has 0 radical (unpaired) electrons. The van der Waals surface area contributed by atoms with E-state index in [1.807, 2.05) is 53.1 Å². The molecule has 164 valence electrons. The number of amides is 2. The molecule has 5 atom stereocenters. The highest BCUT2D eigenvalue weighted by molar-refractivity contribution is 6.01. The molecule has 2 heterocycles. The van der Waals surface area contributed by atoms with Crippen molar-refractivity contribution in [2.75, 3.05) is 13.1 Å². The maximum Gasteiger partial charge on any atom is 0.254 e. The van der Waals surface area contributed by atoms with Gasteiger partial charge in [-0.25, -0.2) is 0 Å². The standard InChI is InChI=1S/C26H32N2O3/c1-17-16-27(13-12-24(17)29)26(31)23-15-20-8-4-5-9-22(20)28(23)25(30)21-11-10-18-6-2-3-7-19(18)14-21/h2-3,6-7,10-11,14,17,20,22-24,29H,4-5,8-9,12-13,15-16H2,1H3/t17?,20-,22-,23-,24?/m0/s1. The third-order valence-electron chi connectivity index (χ3n) is 7.78. The minimum absolute atomic E-state index is 0.0106. The monoisotopic (exact) mass is 420 g/mol. The minimum atomic E-state index is -0.380. The van der Waals surface area contributed by atoms with Gasteiger partial charge in [0.15, 0.2) is 0 Å². The van der Waals surface area contributed by atoms with Crippen LogP contribution in [0.1, 0.15) is 55.8 Å². The average molecular weight is 421 g/mol. The molecule has 31 heavy (non-hydrogen) atoms. The number of nitrogens with zero attached hydrogens (tertiary/aromatic N) is 2. The van der Waals surface area contributed by atoms with Crippen molar-refractivity contribution in [1.82, 2.24) is 9.80 Å². The Morgan fingerprint density at radius 3 is 2.58 bits per heavy atom. The van der Waals surface area contributed by atoms with Crippen LogP contribution in [0.3, 0.4) is 0 Å². The number of carbonyl (C=O) groups is 2. The van der Waals surface area contributed by atoms with Gasteiger partial charge in [-0.15, -0.1) is 0 Å². The van der Waals surface area contributed by atoms with Gasteiger partial charge in [0.05, 0.1) is 6.10 Å². The zero-order valence-corrected chi connectivity index (χ0v) is 18.2. The van der Waals surface area contributed by atoms with Crippen molar-refractivity contribution >= 4 is 22.6 Å². The van der Waals surface area contributed by atoms with Gasteiger partial charge in [-0.2, -0.15) is 0 Å². The first-order valence-corrected chi connectivity index (χ1v) is 11.8. The molecule has 0 bridgehead atoms. The number of fused-ring (bicyclic) bond motifs is 2. The lowest BCUT2D eigenvalue weighted by molar-refractivity contribution is -0.139. The fraction of sp³-hybridized carbons (Fsp3) is 0.538. The first kappa shape index (κ1) is 20.5. The molecule has 2 aliphatic heterocycles. The number of benzene rings is 2. The molecule has 5 heteroatoms. The van der Waals surface area contributed by atoms with Crippen molar-refractivity contribution in [3.8, 4) is 0 Å². The molecule has 5 nitrogen and oxygen atoms in total. The Morgan fingerprint density at radius 2 is 1.77 bits per heavy atom. The first-order valence-electron chi connectivity index (χ1n) is 11.8. The van der Waals surface area contributed by atoms with Crippen LogP contribution in [0.15, 0.2) is 42.5 Å². The van der Waals surface area contributed by atoms with Gasteiger partial charge in [-0.3, -0.25) is 9.59 Å². The van der Waals surface area contributed by atoms with E-state index in [0.717, 1.165) is 36.5 Å². The van der Waals surface area contributed by atoms with Gasteiger partial charge in [-0.1, -0.05) is 50.1 Å². The predicted octanol–water partition coefficient (Wildman–Crippen LogP) is 3.84. The summed E-state index contributed by atoms with van der Waals surface area (Å²) in [5, 5.41) is 12.2. The normalized spacial score (nSPS) is 31.0. The van der Waals surface area contributed by atoms with Crippen LogP contribution in [-0.2, 0) is 4.79 Å². The second-order valence-electron chi connectivity index (χ2n) is 9.76. The molecule has 2 aromatic rings. The summed E-state index contributed by atoms with van der Waals surface area (Å²) in [5.41, 5.74) is 0.671. The lowest BCUT2D eigenvalue weighted by Gasteiger charge is -2.38. The highest BCUT2D eigenvalue weighted by Gasteiger charge is 2.49. The van der Waals surface area contributed by atoms with Crippen LogP contribution in [-0.4, -0.2) is 58.0 Å². The Labute approximate surface area is 184 Å². The van der Waals surface area contributed by atoms with Crippen LogP contribution in [0.2, 0.25) is 0 Å². The molecule has 0 aromatic heterocycles. The van der Waals surface area contributed by atoms with Crippen molar-refractivity contribution in [2.24, 2.45) is 11.8 Å². The number of hydrogen-bond donors (Lipinski definition) is 1. The number of piperidine rings is 1. The highest BCUT2D eigenvalue weighted by Crippen LogP contribution is 2.41. The highest BCUT2D eigenvalue weighted by atomic mass is 16.3. The van der Waals surface area contributed by atoms with Gasteiger partial charge in [0.1, 0.15) is 6.04 Å². The quantitative estimate of drug-likeness (QED) is 0.803. The number of rotatable bonds is 2. The average Bonchev–Trinajstić information content (AvgIpc) is 3.19. The molecule has 1 saturated carbocycles. The number of hydrogen-bond acceptors (Lipinski definition) is 3. The fourth-order valence-corrected chi connectivity index (χ4v) is 5.99. The third kappa shape index (κ3) is 3.73. The van der Waals surface area contributed by atoms with E-state index in [2.05, 4.69) is 6.07 Å². The van der Waals surface area contributed by atoms with E-state index in [9.17, 15) is 14.7 Å². The molecule has 0 spiro atoms. The Kier molecular flexibility index (Phi) is 5.47. The summed E-state index contributed by atoms with van der Waals surface area (Å²) >= 11 is 0. The molecule has 5 rings (SSSR count). The number of aliphatic hydroxyl groups is 1. The number of aliphatic hydroxyl groups excluding tert-OH is 1. The van der Waals surface area contributed by atoms with E-state index >= 15 is 0 Å². The summed E-state index contributed by atoms with van der Waals surface area (Å²) in [6.07, 6.45) is 5.45. The largest absolute Gasteiger partial charge is 0.393 e. The molecule has 3 aliphatic rings. The maximum atomic E-state index is 13.8. The molecule has 2 aromatic carbocycles. The lowest BCUT2D eigenvalue weighted by Crippen LogP contribution is -2.54. The molecule has 1 N–H and O–H groups in total. The van der Waals surface area contributed by atoms with Gasteiger partial charge in [0.2, 0.25) is 5.91 Å². The van der Waals surface area contributed by atoms with Crippen LogP contribution in [0.4, 0.5) is 0 Å². The molecule has 2 unspecified atom stereocenters. The van der Waals surface area contributed by atoms with Crippen molar-refractivity contribution in [3.63, 3.8) is 0 Å². The minimum Gasteiger partial charge on any atom is -0.393 e. The summed E-state index contributed by atoms with van der Waals surface area (Å²) < 4.78 is 0. The van der Waals surface area contributed by atoms with Crippen molar-refractivity contribution in [1.29, 1.82) is 0 Å². The fourth-order valence-electron chi connectivity index (χ4n) is 5.99. The Morgan fingerprint density at radius 1 is 1.00 bits per heavy atom. The van der Waals surface area contributed by atoms with Crippen molar-refractivity contribution in [2.45, 2.75) is 63.6 Å². The third-order valence-corrected chi connectivity index (χ3v) is 7.78. The van der Waals surface area contributed by atoms with E-state index in [4.69, 9.17) is 0 Å². The molecule has 2 saturated heterocycles. The van der Waals surface area contributed by atoms with Gasteiger partial charge in [0.25, 0.3) is 5.91 Å². The zero-order valence-electron chi connectivity index (χ0n) is 18.2. The molecule has 3 fully saturated rings. The van der Waals surface area contributed by atoms with Gasteiger partial charge >= 0.3 is 0 Å². The topological polar surface area (TPSA) is 60.9 Å².